The van der Waals surface area contributed by atoms with Crippen LogP contribution in [0.15, 0.2) is 23.3 Å². The van der Waals surface area contributed by atoms with Crippen LogP contribution in [0.1, 0.15) is 27.1 Å². The largest absolute Gasteiger partial charge is 0.323 e. The molecule has 0 aliphatic heterocycles. The molecule has 2 rings (SSSR count). The molecular formula is C10H14ClN. The molecular weight excluding hydrogens is 170 g/mol. The van der Waals surface area contributed by atoms with Crippen molar-refractivity contribution in [1.82, 2.24) is 0 Å². The van der Waals surface area contributed by atoms with Gasteiger partial charge < -0.3 is 5.73 Å². The Balaban J connectivity index is 2.39. The molecule has 0 aromatic heterocycles. The minimum Gasteiger partial charge on any atom is -0.323 e. The van der Waals surface area contributed by atoms with Gasteiger partial charge in [-0.05, 0) is 36.8 Å². The van der Waals surface area contributed by atoms with E-state index in [-0.39, 0.29) is 6.04 Å². The molecule has 2 N–H and O–H groups in total. The highest BCUT2D eigenvalue weighted by Crippen LogP contribution is 2.34. The summed E-state index contributed by atoms with van der Waals surface area (Å²) < 4.78 is 7.99. The molecule has 2 aliphatic carbocycles. The standard InChI is InChI=1S/C10H14ClN/c11-10-8-4-2-1-3-7(8)5-6-9(10)12/h5-6,9-10H,1-4,12H2/i10D. The third-order valence-corrected chi connectivity index (χ3v) is 3.08. The van der Waals surface area contributed by atoms with Crippen LogP contribution in [-0.4, -0.2) is 11.4 Å². The number of allylic oxidation sites excluding steroid dienone is 2. The average Bonchev–Trinajstić information content (AvgIpc) is 2.13. The molecule has 0 radical (unpaired) electrons. The number of rotatable bonds is 0. The zero-order valence-corrected chi connectivity index (χ0v) is 7.77. The van der Waals surface area contributed by atoms with E-state index in [1.54, 1.807) is 0 Å². The van der Waals surface area contributed by atoms with E-state index in [0.29, 0.717) is 0 Å². The molecule has 0 saturated carbocycles. The first-order chi connectivity index (χ1) is 6.12. The minimum atomic E-state index is -1.08. The first-order valence-electron chi connectivity index (χ1n) is 4.97. The molecule has 0 spiro atoms. The van der Waals surface area contributed by atoms with Gasteiger partial charge in [0.25, 0.3) is 0 Å². The Kier molecular flexibility index (Phi) is 1.93. The number of alkyl halides is 1. The Hall–Kier alpha value is -0.270. The lowest BCUT2D eigenvalue weighted by Gasteiger charge is -2.28. The van der Waals surface area contributed by atoms with Crippen LogP contribution in [-0.2, 0) is 0 Å². The van der Waals surface area contributed by atoms with Crippen molar-refractivity contribution in [3.8, 4) is 0 Å². The highest BCUT2D eigenvalue weighted by molar-refractivity contribution is 6.23. The van der Waals surface area contributed by atoms with Crippen LogP contribution < -0.4 is 5.73 Å². The Morgan fingerprint density at radius 2 is 2.25 bits per heavy atom. The molecule has 2 aliphatic rings. The number of nitrogens with two attached hydrogens (primary N) is 1. The maximum absolute atomic E-state index is 7.99. The molecule has 1 nitrogen and oxygen atoms in total. The SMILES string of the molecule is [2H]C1(Cl)C2=C(C=CC1N)CCCC2. The van der Waals surface area contributed by atoms with Crippen LogP contribution in [0.25, 0.3) is 0 Å². The second-order valence-corrected chi connectivity index (χ2v) is 3.85. The van der Waals surface area contributed by atoms with E-state index < -0.39 is 5.35 Å². The Morgan fingerprint density at radius 1 is 1.50 bits per heavy atom. The van der Waals surface area contributed by atoms with Gasteiger partial charge in [0, 0.05) is 6.04 Å². The maximum Gasteiger partial charge on any atom is 0.0737 e. The monoisotopic (exact) mass is 184 g/mol. The number of hydrogen-bond donors (Lipinski definition) is 1. The summed E-state index contributed by atoms with van der Waals surface area (Å²) >= 11 is 6.13. The summed E-state index contributed by atoms with van der Waals surface area (Å²) in [6.45, 7) is 0. The third kappa shape index (κ3) is 1.32. The molecule has 0 aromatic carbocycles. The van der Waals surface area contributed by atoms with Crippen LogP contribution in [0.2, 0.25) is 0 Å². The quantitative estimate of drug-likeness (QED) is 0.575. The molecule has 0 heterocycles. The van der Waals surface area contributed by atoms with Crippen molar-refractivity contribution in [3.05, 3.63) is 23.3 Å². The molecule has 0 saturated heterocycles. The first-order valence-corrected chi connectivity index (χ1v) is 4.85. The second kappa shape index (κ2) is 3.23. The van der Waals surface area contributed by atoms with E-state index in [9.17, 15) is 0 Å². The van der Waals surface area contributed by atoms with Crippen molar-refractivity contribution in [2.75, 3.05) is 0 Å². The lowest BCUT2D eigenvalue weighted by molar-refractivity contribution is 0.631. The van der Waals surface area contributed by atoms with E-state index in [1.807, 2.05) is 12.2 Å². The van der Waals surface area contributed by atoms with Crippen LogP contribution in [0, 0.1) is 0 Å². The summed E-state index contributed by atoms with van der Waals surface area (Å²) in [5.74, 6) is 0. The van der Waals surface area contributed by atoms with Gasteiger partial charge >= 0.3 is 0 Å². The Labute approximate surface area is 79.7 Å². The van der Waals surface area contributed by atoms with E-state index in [0.717, 1.165) is 24.8 Å². The van der Waals surface area contributed by atoms with Gasteiger partial charge in [-0.25, -0.2) is 0 Å². The van der Waals surface area contributed by atoms with Crippen molar-refractivity contribution < 1.29 is 1.37 Å². The summed E-state index contributed by atoms with van der Waals surface area (Å²) in [4.78, 5) is 0. The topological polar surface area (TPSA) is 26.0 Å². The minimum absolute atomic E-state index is 0.356. The lowest BCUT2D eigenvalue weighted by atomic mass is 9.84. The predicted octanol–water partition coefficient (Wildman–Crippen LogP) is 2.36. The fraction of sp³-hybridized carbons (Fsp3) is 0.600. The van der Waals surface area contributed by atoms with Gasteiger partial charge in [-0.3, -0.25) is 0 Å². The van der Waals surface area contributed by atoms with Gasteiger partial charge in [0.15, 0.2) is 0 Å². The molecule has 0 bridgehead atoms. The van der Waals surface area contributed by atoms with Gasteiger partial charge in [-0.15, -0.1) is 11.6 Å². The fourth-order valence-corrected chi connectivity index (χ4v) is 2.18. The van der Waals surface area contributed by atoms with Crippen molar-refractivity contribution in [3.63, 3.8) is 0 Å². The highest BCUT2D eigenvalue weighted by atomic mass is 35.5. The van der Waals surface area contributed by atoms with Gasteiger partial charge in [-0.1, -0.05) is 12.2 Å². The fourth-order valence-electron chi connectivity index (χ4n) is 1.89. The van der Waals surface area contributed by atoms with Crippen molar-refractivity contribution in [2.24, 2.45) is 5.73 Å². The van der Waals surface area contributed by atoms with Crippen molar-refractivity contribution in [1.29, 1.82) is 0 Å². The van der Waals surface area contributed by atoms with E-state index >= 15 is 0 Å². The number of halogens is 1. The smallest absolute Gasteiger partial charge is 0.0737 e. The molecule has 66 valence electrons. The molecule has 0 aromatic rings. The van der Waals surface area contributed by atoms with Crippen LogP contribution in [0.5, 0.6) is 0 Å². The predicted molar refractivity (Wildman–Crippen MR) is 52.3 cm³/mol. The van der Waals surface area contributed by atoms with Crippen LogP contribution in [0.3, 0.4) is 0 Å². The van der Waals surface area contributed by atoms with Crippen molar-refractivity contribution >= 4 is 11.6 Å². The third-order valence-electron chi connectivity index (χ3n) is 2.60. The molecule has 12 heavy (non-hydrogen) atoms. The summed E-state index contributed by atoms with van der Waals surface area (Å²) in [5, 5.41) is -1.08. The summed E-state index contributed by atoms with van der Waals surface area (Å²) in [6.07, 6.45) is 8.27. The van der Waals surface area contributed by atoms with Crippen LogP contribution in [0.4, 0.5) is 0 Å². The normalized spacial score (nSPS) is 42.5. The van der Waals surface area contributed by atoms with Gasteiger partial charge in [0.1, 0.15) is 0 Å². The van der Waals surface area contributed by atoms with Gasteiger partial charge in [0.05, 0.1) is 6.72 Å². The van der Waals surface area contributed by atoms with Crippen molar-refractivity contribution in [2.45, 2.75) is 37.1 Å². The zero-order chi connectivity index (χ0) is 9.47. The Morgan fingerprint density at radius 3 is 3.08 bits per heavy atom. The molecule has 0 amide bonds. The van der Waals surface area contributed by atoms with Gasteiger partial charge in [-0.2, -0.15) is 0 Å². The Bertz CT molecular complexity index is 281. The van der Waals surface area contributed by atoms with E-state index in [2.05, 4.69) is 0 Å². The average molecular weight is 185 g/mol. The van der Waals surface area contributed by atoms with Crippen LogP contribution >= 0.6 is 11.6 Å². The summed E-state index contributed by atoms with van der Waals surface area (Å²) in [6, 6.07) is -0.356. The molecule has 2 heteroatoms. The zero-order valence-electron chi connectivity index (χ0n) is 8.02. The van der Waals surface area contributed by atoms with E-state index in [4.69, 9.17) is 18.7 Å². The second-order valence-electron chi connectivity index (χ2n) is 3.44. The summed E-state index contributed by atoms with van der Waals surface area (Å²) in [5.41, 5.74) is 8.08. The highest BCUT2D eigenvalue weighted by Gasteiger charge is 2.25. The molecule has 0 fully saturated rings. The summed E-state index contributed by atoms with van der Waals surface area (Å²) in [7, 11) is 0. The lowest BCUT2D eigenvalue weighted by Crippen LogP contribution is -2.33. The first kappa shape index (κ1) is 7.16. The van der Waals surface area contributed by atoms with Gasteiger partial charge in [0.2, 0.25) is 0 Å². The van der Waals surface area contributed by atoms with E-state index in [1.165, 1.54) is 12.0 Å². The maximum atomic E-state index is 7.99. The molecule has 2 atom stereocenters. The molecule has 2 unspecified atom stereocenters. The number of hydrogen-bond acceptors (Lipinski definition) is 1.